The van der Waals surface area contributed by atoms with E-state index in [1.165, 1.54) is 115 Å². The van der Waals surface area contributed by atoms with Crippen molar-refractivity contribution in [2.75, 3.05) is 0 Å². The Hall–Kier alpha value is -0.780. The Morgan fingerprint density at radius 1 is 0.600 bits per heavy atom. The molecule has 0 N–H and O–H groups in total. The number of hydrogen-bond acceptors (Lipinski definition) is 0. The van der Waals surface area contributed by atoms with Crippen LogP contribution in [0.3, 0.4) is 0 Å². The molecule has 0 aliphatic carbocycles. The molecule has 1 aromatic rings. The first-order valence-corrected chi connectivity index (χ1v) is 17.9. The van der Waals surface area contributed by atoms with Crippen molar-refractivity contribution in [1.29, 1.82) is 0 Å². The van der Waals surface area contributed by atoms with Crippen LogP contribution in [0.2, 0.25) is 0 Å². The lowest BCUT2D eigenvalue weighted by Crippen LogP contribution is -2.33. The predicted octanol–water partition coefficient (Wildman–Crippen LogP) is 13.6. The summed E-state index contributed by atoms with van der Waals surface area (Å²) >= 11 is 0. The van der Waals surface area contributed by atoms with Gasteiger partial charge in [0.1, 0.15) is 0 Å². The van der Waals surface area contributed by atoms with Crippen molar-refractivity contribution in [1.82, 2.24) is 0 Å². The van der Waals surface area contributed by atoms with Crippen molar-refractivity contribution < 1.29 is 0 Å². The summed E-state index contributed by atoms with van der Waals surface area (Å²) in [6.45, 7) is 26.9. The van der Waals surface area contributed by atoms with Crippen LogP contribution in [0.4, 0.5) is 0 Å². The summed E-state index contributed by atoms with van der Waals surface area (Å²) in [5.74, 6) is 2.41. The maximum atomic E-state index is 2.64. The van der Waals surface area contributed by atoms with E-state index in [2.05, 4.69) is 100 Å². The fourth-order valence-electron chi connectivity index (χ4n) is 7.40. The van der Waals surface area contributed by atoms with Crippen molar-refractivity contribution in [3.05, 3.63) is 35.4 Å². The molecule has 0 heterocycles. The first kappa shape index (κ1) is 37.2. The highest BCUT2D eigenvalue weighted by atomic mass is 14.4. The van der Waals surface area contributed by atoms with E-state index in [1.807, 2.05) is 0 Å². The third kappa shape index (κ3) is 14.9. The number of hydrogen-bond donors (Lipinski definition) is 0. The Morgan fingerprint density at radius 2 is 1.10 bits per heavy atom. The third-order valence-corrected chi connectivity index (χ3v) is 10.5. The predicted molar refractivity (Wildman–Crippen MR) is 183 cm³/mol. The van der Waals surface area contributed by atoms with E-state index in [-0.39, 0.29) is 0 Å². The van der Waals surface area contributed by atoms with Crippen molar-refractivity contribution >= 4 is 0 Å². The Labute approximate surface area is 254 Å². The highest BCUT2D eigenvalue weighted by Gasteiger charge is 2.36. The SMILES string of the molecule is CCCC(C)(CCC)CCc1ccc(CC(CC(C)(C)CCCCC(C)C)C(C)(CC)CCCCC(C)C)cc1. The van der Waals surface area contributed by atoms with Gasteiger partial charge >= 0.3 is 0 Å². The quantitative estimate of drug-likeness (QED) is 0.118. The van der Waals surface area contributed by atoms with E-state index in [4.69, 9.17) is 0 Å². The van der Waals surface area contributed by atoms with Crippen LogP contribution in [-0.4, -0.2) is 0 Å². The van der Waals surface area contributed by atoms with E-state index >= 15 is 0 Å². The summed E-state index contributed by atoms with van der Waals surface area (Å²) in [5.41, 5.74) is 4.45. The summed E-state index contributed by atoms with van der Waals surface area (Å²) in [5, 5.41) is 0. The molecule has 0 radical (unpaired) electrons. The van der Waals surface area contributed by atoms with E-state index in [0.717, 1.165) is 17.8 Å². The summed E-state index contributed by atoms with van der Waals surface area (Å²) in [6, 6.07) is 9.91. The molecule has 0 amide bonds. The second-order valence-electron chi connectivity index (χ2n) is 16.2. The number of aryl methyl sites for hydroxylation is 1. The van der Waals surface area contributed by atoms with Crippen LogP contribution >= 0.6 is 0 Å². The molecule has 0 spiro atoms. The van der Waals surface area contributed by atoms with E-state index in [9.17, 15) is 0 Å². The Balaban J connectivity index is 3.01. The van der Waals surface area contributed by atoms with Gasteiger partial charge in [0.15, 0.2) is 0 Å². The maximum Gasteiger partial charge on any atom is -0.0245 e. The van der Waals surface area contributed by atoms with Crippen molar-refractivity contribution in [2.45, 2.75) is 185 Å². The molecule has 2 unspecified atom stereocenters. The Kier molecular flexibility index (Phi) is 17.4. The fraction of sp³-hybridized carbons (Fsp3) is 0.850. The van der Waals surface area contributed by atoms with E-state index in [0.29, 0.717) is 16.2 Å². The summed E-state index contributed by atoms with van der Waals surface area (Å²) < 4.78 is 0. The zero-order valence-corrected chi connectivity index (χ0v) is 29.6. The Morgan fingerprint density at radius 3 is 1.57 bits per heavy atom. The van der Waals surface area contributed by atoms with Crippen molar-refractivity contribution in [3.63, 3.8) is 0 Å². The standard InChI is InChI=1S/C40H74/c1-12-26-39(10,27-13-2)30-25-35-21-23-36(24-22-35)31-37(32-38(8,9)28-17-15-19-33(4)5)40(11,14-3)29-18-16-20-34(6)7/h21-24,33-34,37H,12-20,25-32H2,1-11H3. The summed E-state index contributed by atoms with van der Waals surface area (Å²) in [7, 11) is 0. The van der Waals surface area contributed by atoms with Gasteiger partial charge in [-0.3, -0.25) is 0 Å². The molecule has 1 aromatic carbocycles. The second kappa shape index (κ2) is 18.7. The summed E-state index contributed by atoms with van der Waals surface area (Å²) in [6.07, 6.45) is 22.9. The molecule has 0 aromatic heterocycles. The van der Waals surface area contributed by atoms with E-state index < -0.39 is 0 Å². The molecule has 0 aliphatic heterocycles. The first-order valence-electron chi connectivity index (χ1n) is 17.9. The van der Waals surface area contributed by atoms with Crippen LogP contribution in [0.5, 0.6) is 0 Å². The third-order valence-electron chi connectivity index (χ3n) is 10.5. The lowest BCUT2D eigenvalue weighted by Gasteiger charge is -2.42. The molecular weight excluding hydrogens is 480 g/mol. The van der Waals surface area contributed by atoms with Gasteiger partial charge in [-0.05, 0) is 96.5 Å². The molecular formula is C40H74. The van der Waals surface area contributed by atoms with Gasteiger partial charge in [-0.15, -0.1) is 0 Å². The molecule has 1 rings (SSSR count). The van der Waals surface area contributed by atoms with Crippen LogP contribution in [0.25, 0.3) is 0 Å². The lowest BCUT2D eigenvalue weighted by atomic mass is 9.63. The van der Waals surface area contributed by atoms with Crippen LogP contribution in [0.15, 0.2) is 24.3 Å². The molecule has 0 saturated carbocycles. The normalized spacial score (nSPS) is 15.1. The molecule has 0 heteroatoms. The molecule has 0 aliphatic rings. The van der Waals surface area contributed by atoms with Gasteiger partial charge in [-0.25, -0.2) is 0 Å². The molecule has 0 nitrogen and oxygen atoms in total. The van der Waals surface area contributed by atoms with Gasteiger partial charge in [-0.1, -0.05) is 158 Å². The summed E-state index contributed by atoms with van der Waals surface area (Å²) in [4.78, 5) is 0. The van der Waals surface area contributed by atoms with Crippen LogP contribution in [0.1, 0.15) is 184 Å². The first-order chi connectivity index (χ1) is 18.8. The van der Waals surface area contributed by atoms with Gasteiger partial charge < -0.3 is 0 Å². The zero-order chi connectivity index (χ0) is 30.2. The highest BCUT2D eigenvalue weighted by molar-refractivity contribution is 5.23. The van der Waals surface area contributed by atoms with Gasteiger partial charge in [0.05, 0.1) is 0 Å². The smallest absolute Gasteiger partial charge is 0.0245 e. The van der Waals surface area contributed by atoms with Gasteiger partial charge in [0, 0.05) is 0 Å². The van der Waals surface area contributed by atoms with Crippen LogP contribution < -0.4 is 0 Å². The van der Waals surface area contributed by atoms with Crippen molar-refractivity contribution in [3.8, 4) is 0 Å². The molecule has 0 bridgehead atoms. The molecule has 40 heavy (non-hydrogen) atoms. The zero-order valence-electron chi connectivity index (χ0n) is 29.6. The minimum atomic E-state index is 0.416. The number of benzene rings is 1. The minimum absolute atomic E-state index is 0.416. The Bertz CT molecular complexity index is 745. The van der Waals surface area contributed by atoms with E-state index in [1.54, 1.807) is 5.56 Å². The molecule has 0 fully saturated rings. The van der Waals surface area contributed by atoms with Gasteiger partial charge in [-0.2, -0.15) is 0 Å². The second-order valence-corrected chi connectivity index (χ2v) is 16.2. The monoisotopic (exact) mass is 555 g/mol. The number of rotatable bonds is 23. The fourth-order valence-corrected chi connectivity index (χ4v) is 7.40. The van der Waals surface area contributed by atoms with Gasteiger partial charge in [0.2, 0.25) is 0 Å². The van der Waals surface area contributed by atoms with Crippen molar-refractivity contribution in [2.24, 2.45) is 34.0 Å². The minimum Gasteiger partial charge on any atom is -0.0654 e. The average molecular weight is 555 g/mol. The molecule has 0 saturated heterocycles. The average Bonchev–Trinajstić information content (AvgIpc) is 2.88. The number of unbranched alkanes of at least 4 members (excludes halogenated alkanes) is 2. The van der Waals surface area contributed by atoms with Gasteiger partial charge in [0.25, 0.3) is 0 Å². The largest absolute Gasteiger partial charge is 0.0654 e. The topological polar surface area (TPSA) is 0 Å². The highest BCUT2D eigenvalue weighted by Crippen LogP contribution is 2.46. The molecule has 2 atom stereocenters. The lowest BCUT2D eigenvalue weighted by molar-refractivity contribution is 0.0962. The maximum absolute atomic E-state index is 2.64. The molecule has 234 valence electrons. The van der Waals surface area contributed by atoms with Crippen LogP contribution in [-0.2, 0) is 12.8 Å². The van der Waals surface area contributed by atoms with Crippen LogP contribution in [0, 0.1) is 34.0 Å².